The lowest BCUT2D eigenvalue weighted by Crippen LogP contribution is -2.19. The molecule has 0 bridgehead atoms. The SMILES string of the molecule is CNC(c1ccc(F)cc1)c1ncccc1Br. The van der Waals surface area contributed by atoms with Gasteiger partial charge in [0.15, 0.2) is 0 Å². The van der Waals surface area contributed by atoms with Crippen molar-refractivity contribution in [1.82, 2.24) is 10.3 Å². The quantitative estimate of drug-likeness (QED) is 0.940. The van der Waals surface area contributed by atoms with Crippen molar-refractivity contribution in [3.8, 4) is 0 Å². The molecule has 1 atom stereocenters. The first-order valence-corrected chi connectivity index (χ1v) is 6.05. The van der Waals surface area contributed by atoms with Crippen LogP contribution in [-0.2, 0) is 0 Å². The normalized spacial score (nSPS) is 12.4. The van der Waals surface area contributed by atoms with Gasteiger partial charge in [0, 0.05) is 10.7 Å². The van der Waals surface area contributed by atoms with Gasteiger partial charge in [0.05, 0.1) is 11.7 Å². The molecule has 0 amide bonds. The summed E-state index contributed by atoms with van der Waals surface area (Å²) >= 11 is 3.47. The zero-order valence-electron chi connectivity index (χ0n) is 9.32. The van der Waals surface area contributed by atoms with Gasteiger partial charge in [-0.25, -0.2) is 4.39 Å². The van der Waals surface area contributed by atoms with Gasteiger partial charge >= 0.3 is 0 Å². The van der Waals surface area contributed by atoms with Crippen LogP contribution in [0.1, 0.15) is 17.3 Å². The van der Waals surface area contributed by atoms with E-state index in [1.54, 1.807) is 18.3 Å². The highest BCUT2D eigenvalue weighted by atomic mass is 79.9. The molecule has 2 aromatic rings. The summed E-state index contributed by atoms with van der Waals surface area (Å²) in [5.74, 6) is -0.233. The minimum atomic E-state index is -0.233. The minimum Gasteiger partial charge on any atom is -0.308 e. The zero-order chi connectivity index (χ0) is 12.3. The fourth-order valence-corrected chi connectivity index (χ4v) is 2.21. The predicted molar refractivity (Wildman–Crippen MR) is 69.2 cm³/mol. The van der Waals surface area contributed by atoms with Crippen molar-refractivity contribution in [3.63, 3.8) is 0 Å². The van der Waals surface area contributed by atoms with Crippen molar-refractivity contribution in [2.75, 3.05) is 7.05 Å². The number of nitrogens with zero attached hydrogens (tertiary/aromatic N) is 1. The molecule has 4 heteroatoms. The molecule has 1 aromatic carbocycles. The molecule has 88 valence electrons. The molecule has 0 spiro atoms. The van der Waals surface area contributed by atoms with E-state index in [9.17, 15) is 4.39 Å². The number of nitrogens with one attached hydrogen (secondary N) is 1. The lowest BCUT2D eigenvalue weighted by atomic mass is 10.0. The van der Waals surface area contributed by atoms with E-state index in [2.05, 4.69) is 26.2 Å². The van der Waals surface area contributed by atoms with E-state index in [1.165, 1.54) is 12.1 Å². The standard InChI is InChI=1S/C13H12BrFN2/c1-16-12(9-4-6-10(15)7-5-9)13-11(14)3-2-8-17-13/h2-8,12,16H,1H3. The lowest BCUT2D eigenvalue weighted by molar-refractivity contribution is 0.621. The summed E-state index contributed by atoms with van der Waals surface area (Å²) in [4.78, 5) is 4.35. The van der Waals surface area contributed by atoms with Gasteiger partial charge in [-0.05, 0) is 52.8 Å². The van der Waals surface area contributed by atoms with Crippen LogP contribution >= 0.6 is 15.9 Å². The molecule has 2 nitrogen and oxygen atoms in total. The average molecular weight is 295 g/mol. The Kier molecular flexibility index (Phi) is 3.86. The first kappa shape index (κ1) is 12.2. The monoisotopic (exact) mass is 294 g/mol. The van der Waals surface area contributed by atoms with Crippen LogP contribution in [0.3, 0.4) is 0 Å². The number of pyridine rings is 1. The molecule has 0 aliphatic carbocycles. The number of aromatic nitrogens is 1. The Morgan fingerprint density at radius 2 is 1.94 bits per heavy atom. The highest BCUT2D eigenvalue weighted by molar-refractivity contribution is 9.10. The minimum absolute atomic E-state index is 0.0498. The molecule has 1 N–H and O–H groups in total. The predicted octanol–water partition coefficient (Wildman–Crippen LogP) is 3.29. The highest BCUT2D eigenvalue weighted by Crippen LogP contribution is 2.26. The van der Waals surface area contributed by atoms with Crippen molar-refractivity contribution in [3.05, 3.63) is 64.1 Å². The Hall–Kier alpha value is -1.26. The average Bonchev–Trinajstić information content (AvgIpc) is 2.35. The molecule has 1 aromatic heterocycles. The van der Waals surface area contributed by atoms with Gasteiger partial charge in [-0.2, -0.15) is 0 Å². The van der Waals surface area contributed by atoms with Gasteiger partial charge in [0.2, 0.25) is 0 Å². The van der Waals surface area contributed by atoms with Gasteiger partial charge in [-0.1, -0.05) is 12.1 Å². The maximum absolute atomic E-state index is 12.9. The third-order valence-electron chi connectivity index (χ3n) is 2.55. The summed E-state index contributed by atoms with van der Waals surface area (Å²) in [5.41, 5.74) is 1.87. The first-order valence-electron chi connectivity index (χ1n) is 5.25. The molecule has 0 fully saturated rings. The van der Waals surface area contributed by atoms with Crippen LogP contribution in [0.15, 0.2) is 47.1 Å². The van der Waals surface area contributed by atoms with Crippen LogP contribution in [0.2, 0.25) is 0 Å². The number of rotatable bonds is 3. The Labute approximate surface area is 108 Å². The van der Waals surface area contributed by atoms with Crippen molar-refractivity contribution < 1.29 is 4.39 Å². The van der Waals surface area contributed by atoms with Crippen molar-refractivity contribution in [1.29, 1.82) is 0 Å². The molecule has 1 unspecified atom stereocenters. The van der Waals surface area contributed by atoms with Gasteiger partial charge < -0.3 is 5.32 Å². The first-order chi connectivity index (χ1) is 8.22. The molecule has 1 heterocycles. The van der Waals surface area contributed by atoms with Crippen molar-refractivity contribution in [2.24, 2.45) is 0 Å². The Morgan fingerprint density at radius 1 is 1.24 bits per heavy atom. The second kappa shape index (κ2) is 5.38. The third-order valence-corrected chi connectivity index (χ3v) is 3.22. The summed E-state index contributed by atoms with van der Waals surface area (Å²) in [7, 11) is 1.86. The topological polar surface area (TPSA) is 24.9 Å². The lowest BCUT2D eigenvalue weighted by Gasteiger charge is -2.17. The Bertz CT molecular complexity index is 499. The second-order valence-corrected chi connectivity index (χ2v) is 4.50. The smallest absolute Gasteiger partial charge is 0.123 e. The Balaban J connectivity index is 2.40. The molecule has 0 aliphatic heterocycles. The van der Waals surface area contributed by atoms with E-state index in [0.29, 0.717) is 0 Å². The number of benzene rings is 1. The summed E-state index contributed by atoms with van der Waals surface area (Å²) in [5, 5.41) is 3.18. The maximum Gasteiger partial charge on any atom is 0.123 e. The van der Waals surface area contributed by atoms with Crippen molar-refractivity contribution >= 4 is 15.9 Å². The fraction of sp³-hybridized carbons (Fsp3) is 0.154. The van der Waals surface area contributed by atoms with E-state index in [1.807, 2.05) is 19.2 Å². The van der Waals surface area contributed by atoms with E-state index in [4.69, 9.17) is 0 Å². The van der Waals surface area contributed by atoms with Crippen molar-refractivity contribution in [2.45, 2.75) is 6.04 Å². The van der Waals surface area contributed by atoms with E-state index >= 15 is 0 Å². The van der Waals surface area contributed by atoms with E-state index < -0.39 is 0 Å². The highest BCUT2D eigenvalue weighted by Gasteiger charge is 2.15. The molecule has 0 aliphatic rings. The number of hydrogen-bond donors (Lipinski definition) is 1. The summed E-state index contributed by atoms with van der Waals surface area (Å²) in [6, 6.07) is 10.2. The molecular formula is C13H12BrFN2. The number of hydrogen-bond acceptors (Lipinski definition) is 2. The molecular weight excluding hydrogens is 283 g/mol. The summed E-state index contributed by atoms with van der Waals surface area (Å²) < 4.78 is 13.8. The molecule has 2 rings (SSSR count). The van der Waals surface area contributed by atoms with Crippen LogP contribution < -0.4 is 5.32 Å². The van der Waals surface area contributed by atoms with E-state index in [-0.39, 0.29) is 11.9 Å². The van der Waals surface area contributed by atoms with Crippen LogP contribution in [0, 0.1) is 5.82 Å². The number of halogens is 2. The maximum atomic E-state index is 12.9. The third kappa shape index (κ3) is 2.70. The molecule has 0 saturated heterocycles. The Morgan fingerprint density at radius 3 is 2.53 bits per heavy atom. The van der Waals surface area contributed by atoms with Gasteiger partial charge in [0.25, 0.3) is 0 Å². The van der Waals surface area contributed by atoms with Crippen LogP contribution in [0.5, 0.6) is 0 Å². The molecule has 0 radical (unpaired) electrons. The fourth-order valence-electron chi connectivity index (χ4n) is 1.73. The van der Waals surface area contributed by atoms with Gasteiger partial charge in [-0.15, -0.1) is 0 Å². The summed E-state index contributed by atoms with van der Waals surface area (Å²) in [6.45, 7) is 0. The van der Waals surface area contributed by atoms with Gasteiger partial charge in [-0.3, -0.25) is 4.98 Å². The van der Waals surface area contributed by atoms with E-state index in [0.717, 1.165) is 15.7 Å². The van der Waals surface area contributed by atoms with Crippen LogP contribution in [0.25, 0.3) is 0 Å². The molecule has 0 saturated carbocycles. The molecule has 17 heavy (non-hydrogen) atoms. The zero-order valence-corrected chi connectivity index (χ0v) is 10.9. The van der Waals surface area contributed by atoms with Gasteiger partial charge in [0.1, 0.15) is 5.82 Å². The van der Waals surface area contributed by atoms with Crippen LogP contribution in [-0.4, -0.2) is 12.0 Å². The second-order valence-electron chi connectivity index (χ2n) is 3.64. The van der Waals surface area contributed by atoms with Crippen LogP contribution in [0.4, 0.5) is 4.39 Å². The summed E-state index contributed by atoms with van der Waals surface area (Å²) in [6.07, 6.45) is 1.74. The largest absolute Gasteiger partial charge is 0.308 e.